The van der Waals surface area contributed by atoms with Gasteiger partial charge in [-0.1, -0.05) is 13.0 Å². The van der Waals surface area contributed by atoms with E-state index in [4.69, 9.17) is 4.74 Å². The van der Waals surface area contributed by atoms with Crippen molar-refractivity contribution in [2.24, 2.45) is 7.05 Å². The van der Waals surface area contributed by atoms with Gasteiger partial charge in [-0.05, 0) is 6.92 Å². The predicted molar refractivity (Wildman–Crippen MR) is 60.7 cm³/mol. The Bertz CT molecular complexity index is 514. The van der Waals surface area contributed by atoms with Crippen LogP contribution >= 0.6 is 0 Å². The molecule has 1 atom stereocenters. The van der Waals surface area contributed by atoms with Gasteiger partial charge in [-0.3, -0.25) is 9.48 Å². The van der Waals surface area contributed by atoms with Gasteiger partial charge in [-0.25, -0.2) is 4.79 Å². The number of rotatable bonds is 2. The maximum atomic E-state index is 12.1. The third-order valence-corrected chi connectivity index (χ3v) is 2.69. The first kappa shape index (κ1) is 11.6. The third-order valence-electron chi connectivity index (χ3n) is 2.69. The number of aryl methyl sites for hydroxylation is 1. The van der Waals surface area contributed by atoms with Gasteiger partial charge in [0.2, 0.25) is 5.78 Å². The van der Waals surface area contributed by atoms with Crippen LogP contribution in [0.15, 0.2) is 17.8 Å². The number of aromatic nitrogens is 2. The summed E-state index contributed by atoms with van der Waals surface area (Å²) in [5.41, 5.74) is 1.32. The molecule has 0 bridgehead atoms. The molecule has 90 valence electrons. The van der Waals surface area contributed by atoms with Gasteiger partial charge in [0.05, 0.1) is 17.9 Å². The molecule has 0 saturated carbocycles. The van der Waals surface area contributed by atoms with Crippen molar-refractivity contribution in [2.45, 2.75) is 19.8 Å². The summed E-state index contributed by atoms with van der Waals surface area (Å²) in [5, 5.41) is 4.22. The summed E-state index contributed by atoms with van der Waals surface area (Å²) in [6, 6.07) is 0. The first-order chi connectivity index (χ1) is 8.04. The lowest BCUT2D eigenvalue weighted by Crippen LogP contribution is -2.21. The van der Waals surface area contributed by atoms with Crippen LogP contribution in [0.2, 0.25) is 0 Å². The van der Waals surface area contributed by atoms with E-state index in [0.717, 1.165) is 0 Å². The Morgan fingerprint density at radius 2 is 2.29 bits per heavy atom. The highest BCUT2D eigenvalue weighted by atomic mass is 16.5. The molecule has 1 aromatic heterocycles. The summed E-state index contributed by atoms with van der Waals surface area (Å²) in [6.07, 6.45) is 3.26. The van der Waals surface area contributed by atoms with Crippen molar-refractivity contribution in [3.8, 4) is 0 Å². The molecule has 0 aliphatic heterocycles. The maximum Gasteiger partial charge on any atom is 0.341 e. The highest BCUT2D eigenvalue weighted by Gasteiger charge is 2.31. The second-order valence-corrected chi connectivity index (χ2v) is 4.02. The van der Waals surface area contributed by atoms with Gasteiger partial charge in [-0.15, -0.1) is 0 Å². The molecule has 1 aliphatic rings. The van der Waals surface area contributed by atoms with Gasteiger partial charge in [0.1, 0.15) is 5.57 Å². The van der Waals surface area contributed by atoms with E-state index in [-0.39, 0.29) is 23.9 Å². The average Bonchev–Trinajstić information content (AvgIpc) is 2.66. The minimum absolute atomic E-state index is 0.0525. The minimum Gasteiger partial charge on any atom is -0.462 e. The van der Waals surface area contributed by atoms with E-state index in [2.05, 4.69) is 5.10 Å². The fourth-order valence-corrected chi connectivity index (χ4v) is 1.94. The largest absolute Gasteiger partial charge is 0.462 e. The van der Waals surface area contributed by atoms with Crippen LogP contribution in [0.3, 0.4) is 0 Å². The van der Waals surface area contributed by atoms with E-state index in [9.17, 15) is 9.59 Å². The first-order valence-electron chi connectivity index (χ1n) is 5.51. The van der Waals surface area contributed by atoms with Crippen molar-refractivity contribution >= 4 is 11.8 Å². The van der Waals surface area contributed by atoms with E-state index >= 15 is 0 Å². The van der Waals surface area contributed by atoms with Crippen LogP contribution in [0.5, 0.6) is 0 Å². The Labute approximate surface area is 99.1 Å². The van der Waals surface area contributed by atoms with Crippen LogP contribution in [-0.2, 0) is 16.6 Å². The molecule has 17 heavy (non-hydrogen) atoms. The fraction of sp³-hybridized carbons (Fsp3) is 0.417. The third kappa shape index (κ3) is 1.88. The quantitative estimate of drug-likeness (QED) is 0.570. The van der Waals surface area contributed by atoms with Crippen molar-refractivity contribution < 1.29 is 14.3 Å². The smallest absolute Gasteiger partial charge is 0.341 e. The van der Waals surface area contributed by atoms with Crippen LogP contribution in [0.4, 0.5) is 0 Å². The van der Waals surface area contributed by atoms with E-state index in [1.807, 2.05) is 6.92 Å². The number of fused-ring (bicyclic) bond motifs is 1. The van der Waals surface area contributed by atoms with Crippen LogP contribution in [0, 0.1) is 0 Å². The molecule has 2 rings (SSSR count). The van der Waals surface area contributed by atoms with E-state index in [0.29, 0.717) is 11.3 Å². The summed E-state index contributed by atoms with van der Waals surface area (Å²) >= 11 is 0. The fourth-order valence-electron chi connectivity index (χ4n) is 1.94. The van der Waals surface area contributed by atoms with Gasteiger partial charge >= 0.3 is 5.97 Å². The van der Waals surface area contributed by atoms with Crippen LogP contribution < -0.4 is 0 Å². The number of hydrogen-bond acceptors (Lipinski definition) is 4. The summed E-state index contributed by atoms with van der Waals surface area (Å²) in [7, 11) is 1.75. The molecule has 0 unspecified atom stereocenters. The van der Waals surface area contributed by atoms with Gasteiger partial charge in [-0.2, -0.15) is 5.10 Å². The van der Waals surface area contributed by atoms with Crippen molar-refractivity contribution in [1.82, 2.24) is 9.78 Å². The summed E-state index contributed by atoms with van der Waals surface area (Å²) in [6.45, 7) is 3.87. The molecule has 0 aromatic carbocycles. The van der Waals surface area contributed by atoms with Crippen molar-refractivity contribution in [3.63, 3.8) is 0 Å². The Morgan fingerprint density at radius 3 is 2.94 bits per heavy atom. The summed E-state index contributed by atoms with van der Waals surface area (Å²) < 4.78 is 6.45. The molecule has 0 saturated heterocycles. The van der Waals surface area contributed by atoms with Gasteiger partial charge in [0.15, 0.2) is 0 Å². The number of ketones is 1. The molecular formula is C12H14N2O3. The zero-order chi connectivity index (χ0) is 12.6. The second kappa shape index (κ2) is 4.16. The lowest BCUT2D eigenvalue weighted by molar-refractivity contribution is -0.138. The first-order valence-corrected chi connectivity index (χ1v) is 5.51. The van der Waals surface area contributed by atoms with Gasteiger partial charge < -0.3 is 4.74 Å². The SMILES string of the molecule is CCOC(=O)C1=C[C@@H](C)c2nn(C)cc2C1=O. The molecular weight excluding hydrogens is 220 g/mol. The molecule has 1 heterocycles. The van der Waals surface area contributed by atoms with Crippen molar-refractivity contribution in [2.75, 3.05) is 6.61 Å². The Balaban J connectivity index is 2.40. The molecule has 0 amide bonds. The second-order valence-electron chi connectivity index (χ2n) is 4.02. The van der Waals surface area contributed by atoms with Crippen LogP contribution in [0.1, 0.15) is 35.8 Å². The van der Waals surface area contributed by atoms with E-state index < -0.39 is 5.97 Å². The monoisotopic (exact) mass is 234 g/mol. The number of nitrogens with zero attached hydrogens (tertiary/aromatic N) is 2. The number of esters is 1. The molecule has 0 N–H and O–H groups in total. The topological polar surface area (TPSA) is 61.2 Å². The lowest BCUT2D eigenvalue weighted by atomic mass is 9.89. The zero-order valence-electron chi connectivity index (χ0n) is 10.1. The van der Waals surface area contributed by atoms with E-state index in [1.54, 1.807) is 30.9 Å². The average molecular weight is 234 g/mol. The Morgan fingerprint density at radius 1 is 1.59 bits per heavy atom. The molecule has 5 nitrogen and oxygen atoms in total. The summed E-state index contributed by atoms with van der Waals surface area (Å²) in [4.78, 5) is 23.7. The molecule has 0 fully saturated rings. The molecule has 0 spiro atoms. The molecule has 5 heteroatoms. The molecule has 1 aromatic rings. The van der Waals surface area contributed by atoms with Gasteiger partial charge in [0, 0.05) is 19.2 Å². The lowest BCUT2D eigenvalue weighted by Gasteiger charge is -2.15. The number of carbonyl (C=O) groups is 2. The van der Waals surface area contributed by atoms with Crippen LogP contribution in [-0.4, -0.2) is 28.1 Å². The number of carbonyl (C=O) groups excluding carboxylic acids is 2. The predicted octanol–water partition coefficient (Wildman–Crippen LogP) is 1.21. The van der Waals surface area contributed by atoms with Gasteiger partial charge in [0.25, 0.3) is 0 Å². The highest BCUT2D eigenvalue weighted by Crippen LogP contribution is 2.28. The highest BCUT2D eigenvalue weighted by molar-refractivity contribution is 6.25. The zero-order valence-corrected chi connectivity index (χ0v) is 10.1. The molecule has 0 radical (unpaired) electrons. The standard InChI is InChI=1S/C12H14N2O3/c1-4-17-12(16)8-5-7(2)10-9(11(8)15)6-14(3)13-10/h5-7H,4H2,1-3H3/t7-/m1/s1. The number of allylic oxidation sites excluding steroid dienone is 1. The summed E-state index contributed by atoms with van der Waals surface area (Å²) in [5.74, 6) is -0.910. The van der Waals surface area contributed by atoms with Crippen molar-refractivity contribution in [1.29, 1.82) is 0 Å². The maximum absolute atomic E-state index is 12.1. The normalized spacial score (nSPS) is 18.6. The van der Waals surface area contributed by atoms with Crippen molar-refractivity contribution in [3.05, 3.63) is 29.1 Å². The minimum atomic E-state index is -0.557. The Hall–Kier alpha value is -1.91. The Kier molecular flexibility index (Phi) is 2.83. The number of Topliss-reactive ketones (excluding diaryl/α,β-unsaturated/α-hetero) is 1. The van der Waals surface area contributed by atoms with Crippen LogP contribution in [0.25, 0.3) is 0 Å². The number of hydrogen-bond donors (Lipinski definition) is 0. The number of ether oxygens (including phenoxy) is 1. The molecule has 1 aliphatic carbocycles. The van der Waals surface area contributed by atoms with E-state index in [1.165, 1.54) is 0 Å².